The van der Waals surface area contributed by atoms with Crippen molar-refractivity contribution >= 4 is 57.3 Å². The lowest BCUT2D eigenvalue weighted by Gasteiger charge is -2.21. The molecule has 0 radical (unpaired) electrons. The molecule has 0 saturated carbocycles. The van der Waals surface area contributed by atoms with E-state index < -0.39 is 59.9 Å². The lowest BCUT2D eigenvalue weighted by atomic mass is 10.1. The summed E-state index contributed by atoms with van der Waals surface area (Å²) in [5, 5.41) is 47.8. The van der Waals surface area contributed by atoms with Gasteiger partial charge in [0.05, 0.1) is 36.0 Å². The zero-order valence-electron chi connectivity index (χ0n) is 16.9. The van der Waals surface area contributed by atoms with Gasteiger partial charge in [-0.1, -0.05) is 21.6 Å². The van der Waals surface area contributed by atoms with Crippen molar-refractivity contribution in [3.05, 3.63) is 0 Å². The molecule has 8 N–H and O–H groups in total. The highest BCUT2D eigenvalue weighted by atomic mass is 33.1. The quantitative estimate of drug-likeness (QED) is 0.108. The monoisotopic (exact) mass is 496 g/mol. The van der Waals surface area contributed by atoms with E-state index >= 15 is 0 Å². The van der Waals surface area contributed by atoms with Crippen molar-refractivity contribution in [2.75, 3.05) is 11.5 Å². The van der Waals surface area contributed by atoms with Gasteiger partial charge in [-0.15, -0.1) is 0 Å². The van der Waals surface area contributed by atoms with Crippen molar-refractivity contribution in [3.8, 4) is 0 Å². The number of aliphatic carboxylic acids is 4. The Hall–Kier alpha value is -2.56. The van der Waals surface area contributed by atoms with Crippen LogP contribution in [0.1, 0.15) is 25.7 Å². The number of carboxylic acid groups (broad SMARTS) is 4. The first-order chi connectivity index (χ1) is 14.8. The van der Waals surface area contributed by atoms with E-state index in [9.17, 15) is 49.2 Å². The minimum atomic E-state index is -1.60. The van der Waals surface area contributed by atoms with Gasteiger partial charge in [0.15, 0.2) is 0 Å². The van der Waals surface area contributed by atoms with Gasteiger partial charge in [-0.05, 0) is 0 Å². The molecule has 0 saturated heterocycles. The third-order valence-electron chi connectivity index (χ3n) is 3.90. The molecule has 0 rings (SSSR count). The second-order valence-electron chi connectivity index (χ2n) is 6.56. The van der Waals surface area contributed by atoms with Crippen molar-refractivity contribution in [1.82, 2.24) is 10.6 Å². The Balaban J connectivity index is 4.46. The fourth-order valence-electron chi connectivity index (χ4n) is 1.95. The Morgan fingerprint density at radius 2 is 0.938 bits per heavy atom. The van der Waals surface area contributed by atoms with Crippen LogP contribution in [0.3, 0.4) is 0 Å². The highest BCUT2D eigenvalue weighted by molar-refractivity contribution is 8.76. The molecular formula is C16H24N4O10S2-2. The number of carbonyl (C=O) groups is 6. The molecule has 0 spiro atoms. The lowest BCUT2D eigenvalue weighted by Crippen LogP contribution is -2.68. The normalized spacial score (nSPS) is 14.4. The molecule has 0 aliphatic carbocycles. The van der Waals surface area contributed by atoms with Crippen LogP contribution >= 0.6 is 21.6 Å². The van der Waals surface area contributed by atoms with Gasteiger partial charge in [-0.2, -0.15) is 0 Å². The lowest BCUT2D eigenvalue weighted by molar-refractivity contribution is -0.438. The summed E-state index contributed by atoms with van der Waals surface area (Å²) in [5.74, 6) is -7.98. The summed E-state index contributed by atoms with van der Waals surface area (Å²) in [4.78, 5) is 66.9. The summed E-state index contributed by atoms with van der Waals surface area (Å²) in [5.41, 5.74) is 6.54. The van der Waals surface area contributed by atoms with E-state index in [2.05, 4.69) is 22.1 Å². The molecule has 0 aromatic rings. The molecule has 0 aromatic heterocycles. The molecule has 32 heavy (non-hydrogen) atoms. The first-order valence-corrected chi connectivity index (χ1v) is 11.7. The minimum Gasteiger partial charge on any atom is -0.548 e. The average Bonchev–Trinajstić information content (AvgIpc) is 2.70. The van der Waals surface area contributed by atoms with E-state index in [-0.39, 0.29) is 37.2 Å². The van der Waals surface area contributed by atoms with Crippen molar-refractivity contribution in [2.45, 2.75) is 49.9 Å². The molecule has 182 valence electrons. The van der Waals surface area contributed by atoms with Crippen LogP contribution in [0.5, 0.6) is 0 Å². The number of hydrogen-bond donors (Lipinski definition) is 4. The number of hydrogen-bond acceptors (Lipinski definition) is 12. The molecule has 0 fully saturated rings. The zero-order valence-corrected chi connectivity index (χ0v) is 18.5. The van der Waals surface area contributed by atoms with E-state index in [1.54, 1.807) is 0 Å². The molecule has 2 amide bonds. The Labute approximate surface area is 190 Å². The Morgan fingerprint density at radius 1 is 0.625 bits per heavy atom. The third kappa shape index (κ3) is 13.0. The van der Waals surface area contributed by atoms with Crippen molar-refractivity contribution in [3.63, 3.8) is 0 Å². The van der Waals surface area contributed by atoms with Gasteiger partial charge in [-0.3, -0.25) is 9.59 Å². The number of rotatable bonds is 17. The standard InChI is InChI=1S/C16H26N4O10S2/c17-7(13(23)24)1-3-11(21)19-9(15(27)28)5-31-32-6-10(16(29)30)20-12(22)4-2-8(18)14(25)26/h7-10H,1-6,17-18H2,(H,19,21)(H,20,22)(H,23,24)(H,25,26)(H,27,28)(H,29,30)/p-2/t7-,8-,9-,10-/m0/s1. The van der Waals surface area contributed by atoms with Crippen molar-refractivity contribution in [2.24, 2.45) is 0 Å². The zero-order chi connectivity index (χ0) is 24.8. The van der Waals surface area contributed by atoms with E-state index in [0.29, 0.717) is 0 Å². The molecule has 0 heterocycles. The highest BCUT2D eigenvalue weighted by Crippen LogP contribution is 2.23. The van der Waals surface area contributed by atoms with Crippen molar-refractivity contribution in [1.29, 1.82) is 0 Å². The molecule has 14 nitrogen and oxygen atoms in total. The molecule has 0 aliphatic heterocycles. The maximum absolute atomic E-state index is 11.8. The van der Waals surface area contributed by atoms with Gasteiger partial charge in [0.2, 0.25) is 11.8 Å². The van der Waals surface area contributed by atoms with Gasteiger partial charge in [0.25, 0.3) is 0 Å². The topological polar surface area (TPSA) is 274 Å². The van der Waals surface area contributed by atoms with E-state index in [1.165, 1.54) is 0 Å². The second kappa shape index (κ2) is 15.3. The Bertz CT molecular complexity index is 650. The Morgan fingerprint density at radius 3 is 1.19 bits per heavy atom. The van der Waals surface area contributed by atoms with Gasteiger partial charge in [0.1, 0.15) is 12.1 Å². The number of carboxylic acids is 4. The Kier molecular flexibility index (Phi) is 14.1. The van der Waals surface area contributed by atoms with E-state index in [0.717, 1.165) is 21.6 Å². The molecule has 0 unspecified atom stereocenters. The molecular weight excluding hydrogens is 472 g/mol. The van der Waals surface area contributed by atoms with Gasteiger partial charge in [-0.25, -0.2) is 0 Å². The van der Waals surface area contributed by atoms with Crippen LogP contribution in [0.15, 0.2) is 0 Å². The maximum atomic E-state index is 11.8. The number of nitrogens with one attached hydrogen (secondary N) is 2. The molecule has 16 heteroatoms. The number of amides is 2. The van der Waals surface area contributed by atoms with Gasteiger partial charge < -0.3 is 61.7 Å². The van der Waals surface area contributed by atoms with Crippen LogP contribution in [0.2, 0.25) is 0 Å². The number of quaternary nitrogens is 2. The summed E-state index contributed by atoms with van der Waals surface area (Å²) in [6.07, 6.45) is -0.898. The third-order valence-corrected chi connectivity index (χ3v) is 6.32. The van der Waals surface area contributed by atoms with Crippen LogP contribution in [0, 0.1) is 0 Å². The smallest absolute Gasteiger partial charge is 0.220 e. The van der Waals surface area contributed by atoms with Gasteiger partial charge in [0, 0.05) is 37.2 Å². The number of carbonyl (C=O) groups excluding carboxylic acids is 6. The van der Waals surface area contributed by atoms with E-state index in [4.69, 9.17) is 0 Å². The minimum absolute atomic E-state index is 0.152. The van der Waals surface area contributed by atoms with E-state index in [1.807, 2.05) is 0 Å². The summed E-state index contributed by atoms with van der Waals surface area (Å²) < 4.78 is 0. The summed E-state index contributed by atoms with van der Waals surface area (Å²) >= 11 is 0. The molecule has 0 aromatic carbocycles. The average molecular weight is 497 g/mol. The predicted molar refractivity (Wildman–Crippen MR) is 101 cm³/mol. The van der Waals surface area contributed by atoms with Crippen LogP contribution in [-0.2, 0) is 28.8 Å². The van der Waals surface area contributed by atoms with Gasteiger partial charge >= 0.3 is 0 Å². The second-order valence-corrected chi connectivity index (χ2v) is 9.11. The highest BCUT2D eigenvalue weighted by Gasteiger charge is 2.19. The fourth-order valence-corrected chi connectivity index (χ4v) is 4.25. The molecule has 4 atom stereocenters. The first kappa shape index (κ1) is 29.4. The first-order valence-electron chi connectivity index (χ1n) is 9.17. The van der Waals surface area contributed by atoms with Crippen LogP contribution in [0.25, 0.3) is 0 Å². The summed E-state index contributed by atoms with van der Waals surface area (Å²) in [7, 11) is 1.76. The largest absolute Gasteiger partial charge is 0.548 e. The SMILES string of the molecule is [NH3+][C@@H](CCC(=O)N[C@@H](CSSC[C@H](NC(=O)CC[C@H]([NH3+])C(=O)[O-])C(=O)[O-])C(=O)[O-])C(=O)[O-]. The fraction of sp³-hybridized carbons (Fsp3) is 0.625. The maximum Gasteiger partial charge on any atom is 0.220 e. The van der Waals surface area contributed by atoms with Crippen molar-refractivity contribution < 1.29 is 60.7 Å². The molecule has 0 aliphatic rings. The van der Waals surface area contributed by atoms with Crippen LogP contribution in [0.4, 0.5) is 0 Å². The van der Waals surface area contributed by atoms with Crippen LogP contribution in [-0.4, -0.2) is 71.4 Å². The predicted octanol–water partition coefficient (Wildman–Crippen LogP) is -8.88. The van der Waals surface area contributed by atoms with Crippen LogP contribution < -0.4 is 42.5 Å². The summed E-state index contributed by atoms with van der Waals surface area (Å²) in [6, 6.07) is -5.13. The molecule has 0 bridgehead atoms. The summed E-state index contributed by atoms with van der Waals surface area (Å²) in [6.45, 7) is 0.